The number of nitrogens with one attached hydrogen (secondary N) is 2. The Balaban J connectivity index is 1.75. The second-order valence-electron chi connectivity index (χ2n) is 7.25. The summed E-state index contributed by atoms with van der Waals surface area (Å²) in [6, 6.07) is -2.30. The highest BCUT2D eigenvalue weighted by atomic mass is 32.3. The van der Waals surface area contributed by atoms with Gasteiger partial charge >= 0.3 is 22.5 Å². The number of ether oxygens (including phenoxy) is 1. The number of piperidine rings is 1. The third-order valence-corrected chi connectivity index (χ3v) is 4.19. The first-order valence-corrected chi connectivity index (χ1v) is 9.89. The Labute approximate surface area is 162 Å². The van der Waals surface area contributed by atoms with E-state index in [4.69, 9.17) is 14.1 Å². The van der Waals surface area contributed by atoms with E-state index in [0.717, 1.165) is 4.90 Å². The van der Waals surface area contributed by atoms with Crippen molar-refractivity contribution < 1.29 is 41.2 Å². The largest absolute Gasteiger partial charge is 0.444 e. The van der Waals surface area contributed by atoms with Crippen molar-refractivity contribution in [2.75, 3.05) is 19.7 Å². The van der Waals surface area contributed by atoms with Crippen molar-refractivity contribution in [2.24, 2.45) is 0 Å². The summed E-state index contributed by atoms with van der Waals surface area (Å²) in [6.45, 7) is 5.29. The van der Waals surface area contributed by atoms with Crippen molar-refractivity contribution in [1.82, 2.24) is 20.8 Å². The Morgan fingerprint density at radius 3 is 2.57 bits per heavy atom. The summed E-state index contributed by atoms with van der Waals surface area (Å²) >= 11 is 0. The molecule has 3 N–H and O–H groups in total. The molecule has 0 spiro atoms. The fraction of sp³-hybridized carbons (Fsp3) is 0.786. The number of alkyl carbamates (subject to hydrolysis) is 1. The van der Waals surface area contributed by atoms with E-state index in [1.54, 1.807) is 20.8 Å². The highest BCUT2D eigenvalue weighted by Crippen LogP contribution is 2.30. The second-order valence-corrected chi connectivity index (χ2v) is 8.26. The van der Waals surface area contributed by atoms with Gasteiger partial charge in [0.25, 0.3) is 5.91 Å². The van der Waals surface area contributed by atoms with Gasteiger partial charge in [-0.25, -0.2) is 15.1 Å². The third-order valence-electron chi connectivity index (χ3n) is 3.85. The van der Waals surface area contributed by atoms with E-state index in [1.165, 1.54) is 0 Å². The zero-order chi connectivity index (χ0) is 21.1. The molecule has 14 heteroatoms. The van der Waals surface area contributed by atoms with E-state index in [0.29, 0.717) is 11.5 Å². The van der Waals surface area contributed by atoms with Gasteiger partial charge in [0.05, 0.1) is 12.6 Å². The van der Waals surface area contributed by atoms with Crippen molar-refractivity contribution in [3.8, 4) is 0 Å². The van der Waals surface area contributed by atoms with Crippen LogP contribution >= 0.6 is 0 Å². The summed E-state index contributed by atoms with van der Waals surface area (Å²) in [5.41, 5.74) is 1.56. The summed E-state index contributed by atoms with van der Waals surface area (Å²) in [7, 11) is -4.85. The van der Waals surface area contributed by atoms with E-state index in [9.17, 15) is 22.8 Å². The molecule has 4 amide bonds. The number of nitrogens with zero attached hydrogens (tertiary/aromatic N) is 2. The molecule has 13 nitrogen and oxygen atoms in total. The van der Waals surface area contributed by atoms with Gasteiger partial charge in [0, 0.05) is 13.1 Å². The van der Waals surface area contributed by atoms with E-state index in [1.807, 2.05) is 0 Å². The van der Waals surface area contributed by atoms with Crippen molar-refractivity contribution in [3.05, 3.63) is 0 Å². The van der Waals surface area contributed by atoms with Crippen molar-refractivity contribution >= 4 is 28.4 Å². The Morgan fingerprint density at radius 1 is 1.29 bits per heavy atom. The number of hydrogen-bond acceptors (Lipinski definition) is 8. The van der Waals surface area contributed by atoms with Gasteiger partial charge < -0.3 is 15.0 Å². The molecule has 2 atom stereocenters. The minimum absolute atomic E-state index is 0.0354. The maximum Gasteiger partial charge on any atom is 0.418 e. The van der Waals surface area contributed by atoms with Gasteiger partial charge in [-0.2, -0.15) is 13.5 Å². The molecular formula is C14H24N4O9S. The van der Waals surface area contributed by atoms with Gasteiger partial charge in [-0.15, -0.1) is 4.28 Å². The number of urea groups is 1. The van der Waals surface area contributed by atoms with Crippen LogP contribution in [0.4, 0.5) is 9.59 Å². The lowest BCUT2D eigenvalue weighted by Crippen LogP contribution is -2.50. The molecule has 0 aliphatic carbocycles. The fourth-order valence-electron chi connectivity index (χ4n) is 2.81. The Morgan fingerprint density at radius 2 is 1.96 bits per heavy atom. The normalized spacial score (nSPS) is 22.2. The lowest BCUT2D eigenvalue weighted by atomic mass is 10.0. The summed E-state index contributed by atoms with van der Waals surface area (Å²) in [6.07, 6.45) is -0.0642. The predicted molar refractivity (Wildman–Crippen MR) is 91.7 cm³/mol. The molecule has 2 saturated heterocycles. The molecule has 2 aliphatic rings. The van der Waals surface area contributed by atoms with Crippen LogP contribution in [0.3, 0.4) is 0 Å². The summed E-state index contributed by atoms with van der Waals surface area (Å²) in [5.74, 6) is -0.599. The number of carbonyl (C=O) groups is 3. The molecule has 0 radical (unpaired) electrons. The van der Waals surface area contributed by atoms with E-state index in [-0.39, 0.29) is 26.1 Å². The number of fused-ring (bicyclic) bond motifs is 2. The maximum absolute atomic E-state index is 12.2. The standard InChI is InChI=1S/C14H24N4O9S/c1-14(2,3)26-12(20)15-6-7-25-16-11(19)10-5-4-9-8-17(10)13(21)18(9)27-28(22,23)24/h9-10H,4-8H2,1-3H3,(H,15,20)(H,16,19)(H,22,23,24)/t9?,10-/m0/s1. The maximum atomic E-state index is 12.2. The smallest absolute Gasteiger partial charge is 0.418 e. The minimum atomic E-state index is -4.85. The van der Waals surface area contributed by atoms with Crippen LogP contribution in [-0.4, -0.2) is 78.3 Å². The van der Waals surface area contributed by atoms with Gasteiger partial charge in [-0.3, -0.25) is 14.2 Å². The zero-order valence-electron chi connectivity index (χ0n) is 15.7. The monoisotopic (exact) mass is 424 g/mol. The zero-order valence-corrected chi connectivity index (χ0v) is 16.5. The molecule has 0 aromatic carbocycles. The van der Waals surface area contributed by atoms with Crippen molar-refractivity contribution in [2.45, 2.75) is 51.3 Å². The number of carbonyl (C=O) groups excluding carboxylic acids is 3. The molecule has 2 fully saturated rings. The van der Waals surface area contributed by atoms with Crippen LogP contribution in [0.25, 0.3) is 0 Å². The molecule has 2 heterocycles. The van der Waals surface area contributed by atoms with Crippen molar-refractivity contribution in [3.63, 3.8) is 0 Å². The highest BCUT2D eigenvalue weighted by Gasteiger charge is 2.49. The van der Waals surface area contributed by atoms with Crippen LogP contribution < -0.4 is 10.8 Å². The van der Waals surface area contributed by atoms with Crippen molar-refractivity contribution in [1.29, 1.82) is 0 Å². The summed E-state index contributed by atoms with van der Waals surface area (Å²) < 4.78 is 39.8. The third kappa shape index (κ3) is 6.19. The second kappa shape index (κ2) is 8.46. The predicted octanol–water partition coefficient (Wildman–Crippen LogP) is -0.438. The van der Waals surface area contributed by atoms with E-state index < -0.39 is 46.1 Å². The van der Waals surface area contributed by atoms with Gasteiger partial charge in [0.2, 0.25) is 0 Å². The summed E-state index contributed by atoms with van der Waals surface area (Å²) in [5, 5.41) is 3.00. The first kappa shape index (κ1) is 22.1. The van der Waals surface area contributed by atoms with Crippen LogP contribution in [0.5, 0.6) is 0 Å². The van der Waals surface area contributed by atoms with Crippen LogP contribution in [-0.2, 0) is 29.1 Å². The molecule has 28 heavy (non-hydrogen) atoms. The van der Waals surface area contributed by atoms with E-state index in [2.05, 4.69) is 15.1 Å². The van der Waals surface area contributed by atoms with Crippen LogP contribution in [0.2, 0.25) is 0 Å². The average Bonchev–Trinajstić information content (AvgIpc) is 2.76. The van der Waals surface area contributed by atoms with Crippen LogP contribution in [0.1, 0.15) is 33.6 Å². The summed E-state index contributed by atoms with van der Waals surface area (Å²) in [4.78, 5) is 42.0. The molecular weight excluding hydrogens is 400 g/mol. The fourth-order valence-corrected chi connectivity index (χ4v) is 3.20. The highest BCUT2D eigenvalue weighted by molar-refractivity contribution is 7.80. The molecule has 0 aromatic heterocycles. The first-order valence-electron chi connectivity index (χ1n) is 8.53. The van der Waals surface area contributed by atoms with Gasteiger partial charge in [-0.05, 0) is 33.6 Å². The number of hydroxylamine groups is 3. The quantitative estimate of drug-likeness (QED) is 0.279. The van der Waals surface area contributed by atoms with E-state index >= 15 is 0 Å². The minimum Gasteiger partial charge on any atom is -0.444 e. The lowest BCUT2D eigenvalue weighted by Gasteiger charge is -2.28. The molecule has 2 bridgehead atoms. The Bertz CT molecular complexity index is 721. The number of rotatable bonds is 7. The van der Waals surface area contributed by atoms with Crippen LogP contribution in [0, 0.1) is 0 Å². The Hall–Kier alpha value is -2.16. The molecule has 2 rings (SSSR count). The molecule has 0 saturated carbocycles. The Kier molecular flexibility index (Phi) is 6.69. The van der Waals surface area contributed by atoms with Gasteiger partial charge in [0.15, 0.2) is 0 Å². The lowest BCUT2D eigenvalue weighted by molar-refractivity contribution is -0.138. The SMILES string of the molecule is CC(C)(C)OC(=O)NCCONC(=O)[C@@H]1CCC2CN1C(=O)N2OS(=O)(=O)O. The topological polar surface area (TPSA) is 164 Å². The number of hydrogen-bond donors (Lipinski definition) is 3. The molecule has 0 aromatic rings. The van der Waals surface area contributed by atoms with Crippen LogP contribution in [0.15, 0.2) is 0 Å². The number of amides is 4. The molecule has 2 aliphatic heterocycles. The van der Waals surface area contributed by atoms with Gasteiger partial charge in [0.1, 0.15) is 11.6 Å². The molecule has 160 valence electrons. The average molecular weight is 424 g/mol. The molecule has 1 unspecified atom stereocenters. The first-order chi connectivity index (χ1) is 12.9. The van der Waals surface area contributed by atoms with Gasteiger partial charge in [-0.1, -0.05) is 0 Å².